The van der Waals surface area contributed by atoms with E-state index < -0.39 is 6.09 Å². The van der Waals surface area contributed by atoms with Crippen molar-refractivity contribution in [1.82, 2.24) is 4.90 Å². The lowest BCUT2D eigenvalue weighted by molar-refractivity contribution is 0.0759. The van der Waals surface area contributed by atoms with Gasteiger partial charge in [0.15, 0.2) is 0 Å². The van der Waals surface area contributed by atoms with Gasteiger partial charge in [0.1, 0.15) is 0 Å². The Morgan fingerprint density at radius 2 is 2.36 bits per heavy atom. The van der Waals surface area contributed by atoms with Crippen LogP contribution in [-0.4, -0.2) is 56.0 Å². The first-order valence-electron chi connectivity index (χ1n) is 7.58. The smallest absolute Gasteiger partial charge is 0.407 e. The number of rotatable bonds is 6. The average Bonchev–Trinajstić information content (AvgIpc) is 2.51. The molecular formula is C16H23ClN2O3. The lowest BCUT2D eigenvalue weighted by Crippen LogP contribution is -2.37. The molecule has 1 aromatic carbocycles. The minimum Gasteiger partial charge on any atom is -0.465 e. The molecule has 5 nitrogen and oxygen atoms in total. The van der Waals surface area contributed by atoms with E-state index in [9.17, 15) is 4.79 Å². The summed E-state index contributed by atoms with van der Waals surface area (Å²) in [7, 11) is 1.55. The summed E-state index contributed by atoms with van der Waals surface area (Å²) >= 11 is 6.05. The Labute approximate surface area is 136 Å². The van der Waals surface area contributed by atoms with Crippen LogP contribution in [0, 0.1) is 5.92 Å². The molecule has 6 heteroatoms. The van der Waals surface area contributed by atoms with E-state index in [4.69, 9.17) is 21.4 Å². The van der Waals surface area contributed by atoms with E-state index in [0.29, 0.717) is 25.7 Å². The summed E-state index contributed by atoms with van der Waals surface area (Å²) < 4.78 is 5.64. The Balaban J connectivity index is 1.75. The van der Waals surface area contributed by atoms with Crippen LogP contribution in [0.3, 0.4) is 0 Å². The summed E-state index contributed by atoms with van der Waals surface area (Å²) in [4.78, 5) is 14.3. The highest BCUT2D eigenvalue weighted by Crippen LogP contribution is 2.25. The fourth-order valence-corrected chi connectivity index (χ4v) is 2.84. The molecule has 1 amide bonds. The minimum absolute atomic E-state index is 0.403. The molecule has 0 spiro atoms. The predicted molar refractivity (Wildman–Crippen MR) is 87.9 cm³/mol. The molecule has 122 valence electrons. The van der Waals surface area contributed by atoms with Crippen molar-refractivity contribution in [2.24, 2.45) is 5.92 Å². The second-order valence-corrected chi connectivity index (χ2v) is 6.15. The number of hydrogen-bond donors (Lipinski definition) is 1. The van der Waals surface area contributed by atoms with Crippen molar-refractivity contribution >= 4 is 23.4 Å². The van der Waals surface area contributed by atoms with E-state index in [1.54, 1.807) is 7.05 Å². The van der Waals surface area contributed by atoms with Crippen LogP contribution in [0.25, 0.3) is 0 Å². The number of anilines is 1. The first kappa shape index (κ1) is 16.9. The highest BCUT2D eigenvalue weighted by Gasteiger charge is 2.20. The van der Waals surface area contributed by atoms with Gasteiger partial charge in [-0.1, -0.05) is 17.7 Å². The van der Waals surface area contributed by atoms with Gasteiger partial charge in [-0.05, 0) is 37.0 Å². The zero-order valence-corrected chi connectivity index (χ0v) is 13.6. The summed E-state index contributed by atoms with van der Waals surface area (Å²) in [5.41, 5.74) is 1.16. The van der Waals surface area contributed by atoms with Gasteiger partial charge in [0.2, 0.25) is 0 Å². The summed E-state index contributed by atoms with van der Waals surface area (Å²) in [5, 5.41) is 9.52. The van der Waals surface area contributed by atoms with Gasteiger partial charge in [-0.3, -0.25) is 0 Å². The second-order valence-electron chi connectivity index (χ2n) is 5.71. The molecule has 1 heterocycles. The molecule has 1 aliphatic heterocycles. The van der Waals surface area contributed by atoms with Gasteiger partial charge in [0.25, 0.3) is 0 Å². The van der Waals surface area contributed by atoms with Crippen molar-refractivity contribution < 1.29 is 14.6 Å². The van der Waals surface area contributed by atoms with Crippen LogP contribution in [0.5, 0.6) is 0 Å². The van der Waals surface area contributed by atoms with Gasteiger partial charge in [0.05, 0.1) is 13.2 Å². The predicted octanol–water partition coefficient (Wildman–Crippen LogP) is 3.18. The summed E-state index contributed by atoms with van der Waals surface area (Å²) in [5.74, 6) is 0.475. The molecule has 22 heavy (non-hydrogen) atoms. The highest BCUT2D eigenvalue weighted by molar-refractivity contribution is 6.30. The van der Waals surface area contributed by atoms with Crippen molar-refractivity contribution in [1.29, 1.82) is 0 Å². The maximum atomic E-state index is 10.7. The van der Waals surface area contributed by atoms with Crippen molar-refractivity contribution in [3.63, 3.8) is 0 Å². The summed E-state index contributed by atoms with van der Waals surface area (Å²) in [6.07, 6.45) is 1.36. The number of hydrogen-bond acceptors (Lipinski definition) is 3. The van der Waals surface area contributed by atoms with Gasteiger partial charge in [-0.15, -0.1) is 0 Å². The number of amides is 1. The molecule has 0 unspecified atom stereocenters. The van der Waals surface area contributed by atoms with E-state index in [0.717, 1.165) is 36.6 Å². The Morgan fingerprint density at radius 3 is 3.09 bits per heavy atom. The first-order chi connectivity index (χ1) is 10.6. The minimum atomic E-state index is -0.923. The first-order valence-corrected chi connectivity index (χ1v) is 7.96. The van der Waals surface area contributed by atoms with E-state index in [1.807, 2.05) is 18.2 Å². The van der Waals surface area contributed by atoms with Gasteiger partial charge in [-0.25, -0.2) is 4.79 Å². The van der Waals surface area contributed by atoms with Gasteiger partial charge < -0.3 is 19.6 Å². The molecule has 2 rings (SSSR count). The number of piperidine rings is 1. The molecule has 0 bridgehead atoms. The van der Waals surface area contributed by atoms with Crippen molar-refractivity contribution in [2.45, 2.75) is 12.8 Å². The molecule has 1 saturated heterocycles. The number of carbonyl (C=O) groups is 1. The zero-order chi connectivity index (χ0) is 15.9. The molecule has 1 aromatic rings. The van der Waals surface area contributed by atoms with Gasteiger partial charge in [-0.2, -0.15) is 0 Å². The molecule has 0 saturated carbocycles. The third-order valence-corrected chi connectivity index (χ3v) is 4.18. The molecular weight excluding hydrogens is 304 g/mol. The fourth-order valence-electron chi connectivity index (χ4n) is 2.66. The number of ether oxygens (including phenoxy) is 1. The monoisotopic (exact) mass is 326 g/mol. The number of benzene rings is 1. The number of nitrogens with zero attached hydrogens (tertiary/aromatic N) is 2. The van der Waals surface area contributed by atoms with Crippen molar-refractivity contribution in [3.8, 4) is 0 Å². The maximum Gasteiger partial charge on any atom is 0.407 e. The summed E-state index contributed by atoms with van der Waals surface area (Å²) in [6.45, 7) is 3.51. The maximum absolute atomic E-state index is 10.7. The van der Waals surface area contributed by atoms with E-state index >= 15 is 0 Å². The Hall–Kier alpha value is -1.46. The molecule has 0 aliphatic carbocycles. The summed E-state index contributed by atoms with van der Waals surface area (Å²) in [6, 6.07) is 7.93. The van der Waals surface area contributed by atoms with Gasteiger partial charge >= 0.3 is 6.09 Å². The normalized spacial score (nSPS) is 18.3. The van der Waals surface area contributed by atoms with Crippen LogP contribution in [0.1, 0.15) is 12.8 Å². The molecule has 1 aliphatic rings. The largest absolute Gasteiger partial charge is 0.465 e. The SMILES string of the molecule is CN(CCOC[C@@H]1CCCN(c2cccc(Cl)c2)C1)C(=O)O. The van der Waals surface area contributed by atoms with E-state index in [2.05, 4.69) is 11.0 Å². The number of carboxylic acid groups (broad SMARTS) is 1. The third kappa shape index (κ3) is 5.07. The van der Waals surface area contributed by atoms with Crippen LogP contribution in [0.2, 0.25) is 5.02 Å². The topological polar surface area (TPSA) is 53.0 Å². The van der Waals surface area contributed by atoms with Gasteiger partial charge in [0, 0.05) is 37.4 Å². The molecule has 0 aromatic heterocycles. The lowest BCUT2D eigenvalue weighted by atomic mass is 9.98. The molecule has 0 radical (unpaired) electrons. The van der Waals surface area contributed by atoms with Crippen LogP contribution in [0.4, 0.5) is 10.5 Å². The molecule has 1 atom stereocenters. The molecule has 1 fully saturated rings. The van der Waals surface area contributed by atoms with Crippen LogP contribution < -0.4 is 4.90 Å². The Kier molecular flexibility index (Phi) is 6.34. The average molecular weight is 327 g/mol. The van der Waals surface area contributed by atoms with E-state index in [1.165, 1.54) is 4.90 Å². The van der Waals surface area contributed by atoms with Crippen LogP contribution in [0.15, 0.2) is 24.3 Å². The molecule has 1 N–H and O–H groups in total. The fraction of sp³-hybridized carbons (Fsp3) is 0.562. The van der Waals surface area contributed by atoms with E-state index in [-0.39, 0.29) is 0 Å². The zero-order valence-electron chi connectivity index (χ0n) is 12.9. The highest BCUT2D eigenvalue weighted by atomic mass is 35.5. The van der Waals surface area contributed by atoms with Crippen molar-refractivity contribution in [3.05, 3.63) is 29.3 Å². The standard InChI is InChI=1S/C16H23ClN2O3/c1-18(16(20)21)8-9-22-12-13-4-3-7-19(11-13)15-6-2-5-14(17)10-15/h2,5-6,10,13H,3-4,7-9,11-12H2,1H3,(H,20,21)/t13-/m1/s1. The Bertz CT molecular complexity index is 498. The third-order valence-electron chi connectivity index (χ3n) is 3.94. The number of likely N-dealkylation sites (N-methyl/N-ethyl adjacent to an activating group) is 1. The van der Waals surface area contributed by atoms with Crippen LogP contribution in [-0.2, 0) is 4.74 Å². The lowest BCUT2D eigenvalue weighted by Gasteiger charge is -2.34. The second kappa shape index (κ2) is 8.25. The number of halogens is 1. The quantitative estimate of drug-likeness (QED) is 0.816. The van der Waals surface area contributed by atoms with Crippen LogP contribution >= 0.6 is 11.6 Å². The van der Waals surface area contributed by atoms with Crippen molar-refractivity contribution in [2.75, 3.05) is 44.8 Å². The Morgan fingerprint density at radius 1 is 1.55 bits per heavy atom.